The van der Waals surface area contributed by atoms with Crippen LogP contribution in [0.4, 0.5) is 5.13 Å². The number of carbonyl (C=O) groups is 1. The highest BCUT2D eigenvalue weighted by atomic mass is 35.5. The van der Waals surface area contributed by atoms with Crippen LogP contribution in [0.25, 0.3) is 0 Å². The summed E-state index contributed by atoms with van der Waals surface area (Å²) in [7, 11) is 1.62. The molecule has 0 radical (unpaired) electrons. The molecule has 0 fully saturated rings. The van der Waals surface area contributed by atoms with E-state index in [0.717, 1.165) is 27.0 Å². The predicted octanol–water partition coefficient (Wildman–Crippen LogP) is 4.40. The first-order valence-corrected chi connectivity index (χ1v) is 10.9. The fourth-order valence-electron chi connectivity index (χ4n) is 2.95. The minimum atomic E-state index is -0.290. The zero-order valence-corrected chi connectivity index (χ0v) is 18.2. The largest absolute Gasteiger partial charge is 0.497 e. The Morgan fingerprint density at radius 3 is 2.54 bits per heavy atom. The van der Waals surface area contributed by atoms with Gasteiger partial charge in [-0.2, -0.15) is 5.10 Å². The van der Waals surface area contributed by atoms with E-state index in [9.17, 15) is 4.79 Å². The first kappa shape index (κ1) is 21.2. The Bertz CT molecular complexity index is 838. The van der Waals surface area contributed by atoms with Crippen LogP contribution in [-0.4, -0.2) is 54.1 Å². The summed E-state index contributed by atoms with van der Waals surface area (Å²) in [6.45, 7) is 1.24. The van der Waals surface area contributed by atoms with E-state index in [2.05, 4.69) is 10.1 Å². The van der Waals surface area contributed by atoms with E-state index in [1.165, 1.54) is 16.3 Å². The van der Waals surface area contributed by atoms with Crippen molar-refractivity contribution in [3.8, 4) is 5.75 Å². The molecule has 0 aliphatic carbocycles. The number of nitrogens with zero attached hydrogens (tertiary/aromatic N) is 4. The van der Waals surface area contributed by atoms with Gasteiger partial charge in [0.15, 0.2) is 5.13 Å². The molecule has 28 heavy (non-hydrogen) atoms. The summed E-state index contributed by atoms with van der Waals surface area (Å²) in [5, 5.41) is 6.98. The van der Waals surface area contributed by atoms with Crippen molar-refractivity contribution in [3.63, 3.8) is 0 Å². The first-order chi connectivity index (χ1) is 13.6. The molecule has 10 heteroatoms. The molecule has 0 saturated heterocycles. The Balaban J connectivity index is 1.84. The van der Waals surface area contributed by atoms with Gasteiger partial charge in [-0.15, -0.1) is 23.2 Å². The van der Waals surface area contributed by atoms with Crippen molar-refractivity contribution >= 4 is 63.4 Å². The lowest BCUT2D eigenvalue weighted by atomic mass is 10.0. The highest BCUT2D eigenvalue weighted by Crippen LogP contribution is 2.41. The zero-order valence-electron chi connectivity index (χ0n) is 15.1. The number of rotatable bonds is 9. The van der Waals surface area contributed by atoms with Crippen LogP contribution in [-0.2, 0) is 4.79 Å². The zero-order chi connectivity index (χ0) is 20.1. The number of alkyl halides is 2. The van der Waals surface area contributed by atoms with Gasteiger partial charge in [0.05, 0.1) is 23.7 Å². The maximum absolute atomic E-state index is 11.6. The number of aromatic nitrogens is 1. The number of thiazole rings is 1. The number of benzene rings is 1. The van der Waals surface area contributed by atoms with E-state index in [1.807, 2.05) is 29.2 Å². The minimum absolute atomic E-state index is 0.290. The highest BCUT2D eigenvalue weighted by Gasteiger charge is 2.33. The van der Waals surface area contributed by atoms with Crippen molar-refractivity contribution < 1.29 is 9.53 Å². The molecule has 1 aromatic carbocycles. The summed E-state index contributed by atoms with van der Waals surface area (Å²) in [6.07, 6.45) is 1.27. The molecule has 1 atom stereocenters. The van der Waals surface area contributed by atoms with Gasteiger partial charge in [0.25, 0.3) is 0 Å². The lowest BCUT2D eigenvalue weighted by Gasteiger charge is -2.19. The average Bonchev–Trinajstić information content (AvgIpc) is 3.31. The topological polar surface area (TPSA) is 58.0 Å². The van der Waals surface area contributed by atoms with E-state index in [0.29, 0.717) is 42.8 Å². The van der Waals surface area contributed by atoms with Gasteiger partial charge in [-0.05, 0) is 29.8 Å². The molecule has 0 spiro atoms. The third-order valence-corrected chi connectivity index (χ3v) is 6.31. The molecule has 2 aromatic rings. The van der Waals surface area contributed by atoms with Gasteiger partial charge in [0.2, 0.25) is 6.41 Å². The first-order valence-electron chi connectivity index (χ1n) is 8.59. The maximum Gasteiger partial charge on any atom is 0.230 e. The quantitative estimate of drug-likeness (QED) is 0.410. The molecule has 3 rings (SSSR count). The van der Waals surface area contributed by atoms with E-state index >= 15 is 0 Å². The normalized spacial score (nSPS) is 16.2. The standard InChI is InChI=1S/C18H19Cl3N4O2S/c1-27-13-4-2-12(3-5-13)14-10-15(25(11-26)23-14)16-17(21)22-18(28-16)24(8-6-19)9-7-20/h2-5,11,15H,6-10H2,1H3. The molecular weight excluding hydrogens is 443 g/mol. The second kappa shape index (κ2) is 9.78. The molecule has 0 N–H and O–H groups in total. The predicted molar refractivity (Wildman–Crippen MR) is 116 cm³/mol. The van der Waals surface area contributed by atoms with Gasteiger partial charge >= 0.3 is 0 Å². The monoisotopic (exact) mass is 460 g/mol. The van der Waals surface area contributed by atoms with Crippen molar-refractivity contribution in [3.05, 3.63) is 39.9 Å². The number of anilines is 1. The number of hydrazone groups is 1. The van der Waals surface area contributed by atoms with Crippen LogP contribution in [0.3, 0.4) is 0 Å². The Hall–Kier alpha value is -1.54. The molecule has 1 aromatic heterocycles. The minimum Gasteiger partial charge on any atom is -0.497 e. The molecule has 150 valence electrons. The SMILES string of the molecule is COc1ccc(C2=NN(C=O)C(c3sc(N(CCCl)CCCl)nc3Cl)C2)cc1. The lowest BCUT2D eigenvalue weighted by molar-refractivity contribution is -0.119. The summed E-state index contributed by atoms with van der Waals surface area (Å²) in [4.78, 5) is 18.9. The van der Waals surface area contributed by atoms with Crippen molar-refractivity contribution in [2.24, 2.45) is 5.10 Å². The molecule has 1 aliphatic heterocycles. The van der Waals surface area contributed by atoms with Crippen molar-refractivity contribution in [2.75, 3.05) is 36.9 Å². The van der Waals surface area contributed by atoms with Gasteiger partial charge < -0.3 is 9.64 Å². The van der Waals surface area contributed by atoms with E-state index in [4.69, 9.17) is 39.5 Å². The molecule has 1 amide bonds. The maximum atomic E-state index is 11.6. The molecule has 1 unspecified atom stereocenters. The second-order valence-electron chi connectivity index (χ2n) is 6.00. The lowest BCUT2D eigenvalue weighted by Crippen LogP contribution is -2.27. The van der Waals surface area contributed by atoms with Crippen LogP contribution in [0.15, 0.2) is 29.4 Å². The van der Waals surface area contributed by atoms with Gasteiger partial charge in [0.1, 0.15) is 10.9 Å². The fourth-order valence-corrected chi connectivity index (χ4v) is 4.83. The van der Waals surface area contributed by atoms with E-state index in [1.54, 1.807) is 7.11 Å². The molecule has 0 saturated carbocycles. The molecule has 0 bridgehead atoms. The molecule has 6 nitrogen and oxygen atoms in total. The molecule has 2 heterocycles. The fraction of sp³-hybridized carbons (Fsp3) is 0.389. The number of hydrogen-bond donors (Lipinski definition) is 0. The summed E-state index contributed by atoms with van der Waals surface area (Å²) < 4.78 is 5.19. The van der Waals surface area contributed by atoms with Crippen LogP contribution in [0, 0.1) is 0 Å². The summed E-state index contributed by atoms with van der Waals surface area (Å²) >= 11 is 19.6. The van der Waals surface area contributed by atoms with Gasteiger partial charge in [0, 0.05) is 31.3 Å². The van der Waals surface area contributed by atoms with Crippen LogP contribution >= 0.6 is 46.1 Å². The Morgan fingerprint density at radius 2 is 1.96 bits per heavy atom. The molecular formula is C18H19Cl3N4O2S. The number of halogens is 3. The van der Waals surface area contributed by atoms with Crippen LogP contribution in [0.2, 0.25) is 5.15 Å². The molecule has 1 aliphatic rings. The average molecular weight is 462 g/mol. The smallest absolute Gasteiger partial charge is 0.230 e. The highest BCUT2D eigenvalue weighted by molar-refractivity contribution is 7.16. The number of hydrogen-bond acceptors (Lipinski definition) is 6. The Kier molecular flexibility index (Phi) is 7.40. The Morgan fingerprint density at radius 1 is 1.29 bits per heavy atom. The van der Waals surface area contributed by atoms with E-state index in [-0.39, 0.29) is 6.04 Å². The summed E-state index contributed by atoms with van der Waals surface area (Å²) in [6, 6.07) is 7.29. The number of amides is 1. The van der Waals surface area contributed by atoms with Crippen LogP contribution in [0.5, 0.6) is 5.75 Å². The van der Waals surface area contributed by atoms with Gasteiger partial charge in [-0.1, -0.05) is 22.9 Å². The Labute approximate surface area is 182 Å². The van der Waals surface area contributed by atoms with Crippen molar-refractivity contribution in [1.29, 1.82) is 0 Å². The summed E-state index contributed by atoms with van der Waals surface area (Å²) in [5.41, 5.74) is 1.74. The van der Waals surface area contributed by atoms with Gasteiger partial charge in [-0.25, -0.2) is 9.99 Å². The van der Waals surface area contributed by atoms with Crippen molar-refractivity contribution in [2.45, 2.75) is 12.5 Å². The number of methoxy groups -OCH3 is 1. The van der Waals surface area contributed by atoms with Crippen molar-refractivity contribution in [1.82, 2.24) is 9.99 Å². The number of carbonyl (C=O) groups excluding carboxylic acids is 1. The second-order valence-corrected chi connectivity index (χ2v) is 8.12. The number of ether oxygens (including phenoxy) is 1. The van der Waals surface area contributed by atoms with Crippen LogP contribution < -0.4 is 9.64 Å². The van der Waals surface area contributed by atoms with E-state index < -0.39 is 0 Å². The van der Waals surface area contributed by atoms with Crippen LogP contribution in [0.1, 0.15) is 22.9 Å². The third-order valence-electron chi connectivity index (χ3n) is 4.35. The van der Waals surface area contributed by atoms with Gasteiger partial charge in [-0.3, -0.25) is 4.79 Å². The third kappa shape index (κ3) is 4.54. The summed E-state index contributed by atoms with van der Waals surface area (Å²) in [5.74, 6) is 1.68.